The molecule has 7 nitrogen and oxygen atoms in total. The molecule has 0 saturated carbocycles. The van der Waals surface area contributed by atoms with Crippen LogP contribution < -0.4 is 16.6 Å². The van der Waals surface area contributed by atoms with Gasteiger partial charge < -0.3 is 10.2 Å². The van der Waals surface area contributed by atoms with Crippen molar-refractivity contribution in [1.82, 2.24) is 19.2 Å². The molecule has 1 aromatic heterocycles. The normalized spacial score (nSPS) is 12.4. The Labute approximate surface area is 128 Å². The molecule has 0 spiro atoms. The molecule has 2 rings (SSSR count). The Hall–Kier alpha value is -2.41. The topological polar surface area (TPSA) is 72.2 Å². The fourth-order valence-electron chi connectivity index (χ4n) is 2.28. The molecular weight excluding hydrogens is 282 g/mol. The molecule has 0 unspecified atom stereocenters. The molecule has 0 radical (unpaired) electrons. The fourth-order valence-corrected chi connectivity index (χ4v) is 2.28. The Morgan fingerprint density at radius 3 is 2.41 bits per heavy atom. The monoisotopic (exact) mass is 303 g/mol. The number of nitrogens with one attached hydrogen (secondary N) is 1. The molecular formula is C15H21N5O2. The second kappa shape index (κ2) is 6.57. The Morgan fingerprint density at radius 2 is 1.82 bits per heavy atom. The molecule has 0 aliphatic rings. The van der Waals surface area contributed by atoms with Crippen LogP contribution in [0.2, 0.25) is 0 Å². The molecule has 7 heteroatoms. The number of hydrogen-bond donors (Lipinski definition) is 1. The van der Waals surface area contributed by atoms with E-state index in [2.05, 4.69) is 15.3 Å². The summed E-state index contributed by atoms with van der Waals surface area (Å²) in [6, 6.07) is 10.1. The standard InChI is InChI=1S/C15H21N5O2/c1-18(2)12(11-8-6-5-7-9-11)10-16-13-14(21)19(3)15(22)20(4)17-13/h5-9,12H,10H2,1-4H3,(H,16,17)/t12-/m0/s1. The number of nitrogens with zero attached hydrogens (tertiary/aromatic N) is 4. The highest BCUT2D eigenvalue weighted by atomic mass is 16.2. The number of hydrogen-bond acceptors (Lipinski definition) is 5. The Balaban J connectivity index is 2.25. The van der Waals surface area contributed by atoms with Crippen LogP contribution in [0.5, 0.6) is 0 Å². The van der Waals surface area contributed by atoms with Gasteiger partial charge in [0.1, 0.15) is 0 Å². The van der Waals surface area contributed by atoms with Gasteiger partial charge in [-0.15, -0.1) is 5.10 Å². The van der Waals surface area contributed by atoms with Crippen LogP contribution in [0.3, 0.4) is 0 Å². The lowest BCUT2D eigenvalue weighted by atomic mass is 10.1. The summed E-state index contributed by atoms with van der Waals surface area (Å²) < 4.78 is 2.19. The molecule has 0 fully saturated rings. The van der Waals surface area contributed by atoms with Gasteiger partial charge in [0.15, 0.2) is 0 Å². The predicted molar refractivity (Wildman–Crippen MR) is 86.1 cm³/mol. The molecule has 1 N–H and O–H groups in total. The van der Waals surface area contributed by atoms with E-state index >= 15 is 0 Å². The maximum absolute atomic E-state index is 12.1. The number of aryl methyl sites for hydroxylation is 1. The first-order valence-electron chi connectivity index (χ1n) is 7.01. The maximum atomic E-state index is 12.1. The predicted octanol–water partition coefficient (Wildman–Crippen LogP) is 0.194. The van der Waals surface area contributed by atoms with Crippen molar-refractivity contribution in [3.63, 3.8) is 0 Å². The Bertz CT molecular complexity index is 749. The van der Waals surface area contributed by atoms with Crippen LogP contribution in [-0.2, 0) is 14.1 Å². The van der Waals surface area contributed by atoms with Crippen LogP contribution in [0.4, 0.5) is 5.82 Å². The van der Waals surface area contributed by atoms with Crippen LogP contribution in [0.1, 0.15) is 11.6 Å². The average Bonchev–Trinajstić information content (AvgIpc) is 2.51. The van der Waals surface area contributed by atoms with Crippen LogP contribution in [-0.4, -0.2) is 39.9 Å². The molecule has 0 aliphatic carbocycles. The number of aromatic nitrogens is 3. The molecule has 0 bridgehead atoms. The maximum Gasteiger partial charge on any atom is 0.346 e. The van der Waals surface area contributed by atoms with E-state index in [4.69, 9.17) is 0 Å². The van der Waals surface area contributed by atoms with Gasteiger partial charge in [0.05, 0.1) is 6.04 Å². The summed E-state index contributed by atoms with van der Waals surface area (Å²) in [6.07, 6.45) is 0. The van der Waals surface area contributed by atoms with Crippen LogP contribution in [0.25, 0.3) is 0 Å². The molecule has 0 saturated heterocycles. The SMILES string of the molecule is CN(C)[C@@H](CNc1nn(C)c(=O)n(C)c1=O)c1ccccc1. The van der Waals surface area contributed by atoms with E-state index in [-0.39, 0.29) is 11.9 Å². The van der Waals surface area contributed by atoms with Crippen LogP contribution in [0.15, 0.2) is 39.9 Å². The summed E-state index contributed by atoms with van der Waals surface area (Å²) in [5.41, 5.74) is 0.276. The summed E-state index contributed by atoms with van der Waals surface area (Å²) in [5.74, 6) is 0.174. The van der Waals surface area contributed by atoms with Gasteiger partial charge in [-0.2, -0.15) is 0 Å². The molecule has 1 heterocycles. The van der Waals surface area contributed by atoms with E-state index in [0.717, 1.165) is 14.8 Å². The highest BCUT2D eigenvalue weighted by Crippen LogP contribution is 2.17. The smallest absolute Gasteiger partial charge is 0.346 e. The summed E-state index contributed by atoms with van der Waals surface area (Å²) in [5, 5.41) is 7.06. The van der Waals surface area contributed by atoms with Gasteiger partial charge in [0.25, 0.3) is 5.56 Å². The van der Waals surface area contributed by atoms with Crippen molar-refractivity contribution in [2.45, 2.75) is 6.04 Å². The number of anilines is 1. The quantitative estimate of drug-likeness (QED) is 0.854. The third kappa shape index (κ3) is 3.25. The number of benzene rings is 1. The van der Waals surface area contributed by atoms with E-state index in [1.165, 1.54) is 14.1 Å². The van der Waals surface area contributed by atoms with Gasteiger partial charge in [0.2, 0.25) is 5.82 Å². The minimum Gasteiger partial charge on any atom is -0.362 e. The second-order valence-electron chi connectivity index (χ2n) is 5.39. The first-order valence-corrected chi connectivity index (χ1v) is 7.01. The number of likely N-dealkylation sites (N-methyl/N-ethyl adjacent to an activating group) is 1. The van der Waals surface area contributed by atoms with Crippen molar-refractivity contribution in [2.24, 2.45) is 14.1 Å². The van der Waals surface area contributed by atoms with E-state index in [1.807, 2.05) is 44.4 Å². The van der Waals surface area contributed by atoms with Crippen molar-refractivity contribution >= 4 is 5.82 Å². The first kappa shape index (κ1) is 16.0. The van der Waals surface area contributed by atoms with E-state index in [0.29, 0.717) is 6.54 Å². The fraction of sp³-hybridized carbons (Fsp3) is 0.400. The first-order chi connectivity index (χ1) is 10.4. The van der Waals surface area contributed by atoms with E-state index in [1.54, 1.807) is 0 Å². The van der Waals surface area contributed by atoms with E-state index < -0.39 is 11.2 Å². The third-order valence-corrected chi connectivity index (χ3v) is 3.59. The summed E-state index contributed by atoms with van der Waals surface area (Å²) in [7, 11) is 6.92. The van der Waals surface area contributed by atoms with Gasteiger partial charge in [-0.3, -0.25) is 9.36 Å². The average molecular weight is 303 g/mol. The summed E-state index contributed by atoms with van der Waals surface area (Å²) in [4.78, 5) is 25.8. The van der Waals surface area contributed by atoms with Crippen LogP contribution in [0, 0.1) is 0 Å². The third-order valence-electron chi connectivity index (χ3n) is 3.59. The molecule has 0 amide bonds. The minimum absolute atomic E-state index is 0.0879. The Morgan fingerprint density at radius 1 is 1.18 bits per heavy atom. The van der Waals surface area contributed by atoms with Gasteiger partial charge in [0, 0.05) is 20.6 Å². The van der Waals surface area contributed by atoms with Gasteiger partial charge in [-0.25, -0.2) is 9.48 Å². The lowest BCUT2D eigenvalue weighted by molar-refractivity contribution is 0.311. The van der Waals surface area contributed by atoms with E-state index in [9.17, 15) is 9.59 Å². The molecule has 0 aliphatic heterocycles. The lowest BCUT2D eigenvalue weighted by Crippen LogP contribution is -2.40. The van der Waals surface area contributed by atoms with Crippen molar-refractivity contribution in [1.29, 1.82) is 0 Å². The molecule has 2 aromatic rings. The molecule has 22 heavy (non-hydrogen) atoms. The molecule has 1 aromatic carbocycles. The number of rotatable bonds is 5. The van der Waals surface area contributed by atoms with Crippen molar-refractivity contribution in [3.8, 4) is 0 Å². The van der Waals surface area contributed by atoms with Crippen molar-refractivity contribution in [2.75, 3.05) is 26.0 Å². The van der Waals surface area contributed by atoms with Crippen molar-refractivity contribution < 1.29 is 0 Å². The highest BCUT2D eigenvalue weighted by molar-refractivity contribution is 5.31. The minimum atomic E-state index is -0.442. The Kier molecular flexibility index (Phi) is 4.77. The molecule has 118 valence electrons. The zero-order chi connectivity index (χ0) is 16.3. The summed E-state index contributed by atoms with van der Waals surface area (Å²) in [6.45, 7) is 0.511. The molecule has 1 atom stereocenters. The zero-order valence-electron chi connectivity index (χ0n) is 13.3. The largest absolute Gasteiger partial charge is 0.362 e. The highest BCUT2D eigenvalue weighted by Gasteiger charge is 2.15. The zero-order valence-corrected chi connectivity index (χ0v) is 13.3. The summed E-state index contributed by atoms with van der Waals surface area (Å²) >= 11 is 0. The van der Waals surface area contributed by atoms with Gasteiger partial charge >= 0.3 is 5.69 Å². The second-order valence-corrected chi connectivity index (χ2v) is 5.39. The lowest BCUT2D eigenvalue weighted by Gasteiger charge is -2.25. The van der Waals surface area contributed by atoms with Crippen LogP contribution >= 0.6 is 0 Å². The van der Waals surface area contributed by atoms with Crippen molar-refractivity contribution in [3.05, 3.63) is 56.7 Å². The van der Waals surface area contributed by atoms with Gasteiger partial charge in [-0.05, 0) is 19.7 Å². The van der Waals surface area contributed by atoms with Gasteiger partial charge in [-0.1, -0.05) is 30.3 Å².